The average molecular weight is 882 g/mol. The molecular weight excluding hydrogens is 835 g/mol. The highest BCUT2D eigenvalue weighted by molar-refractivity contribution is 8.13. The zero-order valence-electron chi connectivity index (χ0n) is 30.4. The molecule has 318 valence electrons. The Hall–Kier alpha value is -2.48. The summed E-state index contributed by atoms with van der Waals surface area (Å²) in [5.74, 6) is -1.19. The molecule has 3 rings (SSSR count). The van der Waals surface area contributed by atoms with E-state index in [0.29, 0.717) is 6.42 Å². The third-order valence-electron chi connectivity index (χ3n) is 7.71. The van der Waals surface area contributed by atoms with Crippen LogP contribution in [0.15, 0.2) is 12.7 Å². The number of phosphoric acid groups is 3. The normalized spacial score (nSPS) is 22.4. The van der Waals surface area contributed by atoms with E-state index in [0.717, 1.165) is 29.0 Å². The summed E-state index contributed by atoms with van der Waals surface area (Å²) in [6.45, 7) is 4.04. The lowest BCUT2D eigenvalue weighted by Gasteiger charge is -2.30. The first kappa shape index (κ1) is 47.9. The molecule has 1 fully saturated rings. The van der Waals surface area contributed by atoms with Crippen LogP contribution in [0.1, 0.15) is 46.8 Å². The van der Waals surface area contributed by atoms with E-state index < -0.39 is 95.8 Å². The Morgan fingerprint density at radius 3 is 2.34 bits per heavy atom. The molecule has 2 aromatic heterocycles. The molecule has 56 heavy (non-hydrogen) atoms. The first-order chi connectivity index (χ1) is 25.8. The van der Waals surface area contributed by atoms with Gasteiger partial charge < -0.3 is 56.0 Å². The van der Waals surface area contributed by atoms with Crippen LogP contribution in [-0.2, 0) is 50.7 Å². The molecule has 2 amide bonds. The molecule has 0 spiro atoms. The summed E-state index contributed by atoms with van der Waals surface area (Å²) in [5.41, 5.74) is 4.23. The summed E-state index contributed by atoms with van der Waals surface area (Å²) >= 11 is 0.870. The average Bonchev–Trinajstić information content (AvgIpc) is 3.64. The second kappa shape index (κ2) is 20.0. The second-order valence-electron chi connectivity index (χ2n) is 13.4. The zero-order valence-corrected chi connectivity index (χ0v) is 33.9. The molecule has 3 heterocycles. The fourth-order valence-electron chi connectivity index (χ4n) is 4.92. The molecule has 0 saturated carbocycles. The number of anilines is 1. The SMILES string of the molecule is CC(C)CC(O)C(=O)SCCNC(=O)CCNC(=O)[C@H](O)C(C)(C)COP(=O)(O)OP(=O)(O)OC[C@H]1O[C@@H](n2cnc3c(N)ncnc32)[C@H](O)[C@@H]1OP(=O)(O)O. The highest BCUT2D eigenvalue weighted by Gasteiger charge is 2.50. The molecule has 3 unspecified atom stereocenters. The topological polar surface area (TPSA) is 384 Å². The fraction of sp³-hybridized carbons (Fsp3) is 0.704. The van der Waals surface area contributed by atoms with Gasteiger partial charge in [0.15, 0.2) is 17.7 Å². The molecule has 1 aliphatic rings. The van der Waals surface area contributed by atoms with E-state index in [1.54, 1.807) is 0 Å². The lowest BCUT2D eigenvalue weighted by Crippen LogP contribution is -2.46. The number of nitrogens with zero attached hydrogens (tertiary/aromatic N) is 4. The number of ether oxygens (including phenoxy) is 1. The Labute approximate surface area is 323 Å². The Balaban J connectivity index is 1.49. The number of nitrogens with one attached hydrogen (secondary N) is 2. The second-order valence-corrected chi connectivity index (χ2v) is 18.7. The minimum atomic E-state index is -5.58. The number of aliphatic hydroxyl groups excluding tert-OH is 3. The van der Waals surface area contributed by atoms with Gasteiger partial charge in [-0.15, -0.1) is 0 Å². The Morgan fingerprint density at radius 2 is 1.70 bits per heavy atom. The van der Waals surface area contributed by atoms with Crippen molar-refractivity contribution in [1.82, 2.24) is 30.2 Å². The van der Waals surface area contributed by atoms with Crippen molar-refractivity contribution in [1.29, 1.82) is 0 Å². The number of amides is 2. The van der Waals surface area contributed by atoms with Crippen molar-refractivity contribution in [2.24, 2.45) is 11.3 Å². The molecule has 0 aliphatic carbocycles. The van der Waals surface area contributed by atoms with Gasteiger partial charge in [0, 0.05) is 30.7 Å². The van der Waals surface area contributed by atoms with E-state index in [4.69, 9.17) is 19.5 Å². The van der Waals surface area contributed by atoms with Crippen LogP contribution in [0.2, 0.25) is 0 Å². The maximum absolute atomic E-state index is 12.7. The number of carbonyl (C=O) groups is 3. The lowest BCUT2D eigenvalue weighted by atomic mass is 9.87. The van der Waals surface area contributed by atoms with Crippen molar-refractivity contribution >= 4 is 69.1 Å². The van der Waals surface area contributed by atoms with E-state index in [2.05, 4.69) is 34.4 Å². The molecule has 0 radical (unpaired) electrons. The molecule has 25 nitrogen and oxygen atoms in total. The van der Waals surface area contributed by atoms with Gasteiger partial charge in [0.05, 0.1) is 19.5 Å². The number of nitrogen functional groups attached to an aromatic ring is 1. The minimum Gasteiger partial charge on any atom is -0.386 e. The van der Waals surface area contributed by atoms with E-state index in [1.807, 2.05) is 13.8 Å². The monoisotopic (exact) mass is 881 g/mol. The van der Waals surface area contributed by atoms with Crippen LogP contribution in [0.4, 0.5) is 5.82 Å². The minimum absolute atomic E-state index is 0.0255. The first-order valence-corrected chi connectivity index (χ1v) is 22.1. The van der Waals surface area contributed by atoms with Gasteiger partial charge in [0.2, 0.25) is 16.9 Å². The van der Waals surface area contributed by atoms with Crippen molar-refractivity contribution < 1.29 is 85.6 Å². The quantitative estimate of drug-likeness (QED) is 0.0504. The molecule has 11 N–H and O–H groups in total. The molecule has 2 aromatic rings. The van der Waals surface area contributed by atoms with Gasteiger partial charge in [-0.2, -0.15) is 4.31 Å². The maximum atomic E-state index is 12.7. The van der Waals surface area contributed by atoms with Crippen LogP contribution >= 0.6 is 35.2 Å². The van der Waals surface area contributed by atoms with E-state index in [1.165, 1.54) is 13.8 Å². The standard InChI is InChI=1S/C27H46N7O18P3S/c1-14(2)9-15(35)26(40)56-8-7-29-17(36)5-6-30-24(39)21(38)27(3,4)11-49-55(46,47)52-54(44,45)48-10-16-20(51-53(41,42)43)19(37)25(50-16)34-13-33-18-22(28)31-12-32-23(18)34/h12-16,19-21,25,35,37-38H,5-11H2,1-4H3,(H,29,36)(H,30,39)(H,44,45)(H,46,47)(H2,28,31,32)(H2,41,42,43)/t15?,16-,19-,20-,21+,25-/m1/s1. The Kier molecular flexibility index (Phi) is 17.1. The number of carbonyl (C=O) groups excluding carboxylic acids is 3. The number of fused-ring (bicyclic) bond motifs is 1. The van der Waals surface area contributed by atoms with Crippen LogP contribution in [0.3, 0.4) is 0 Å². The third-order valence-corrected chi connectivity index (χ3v) is 11.8. The predicted molar refractivity (Wildman–Crippen MR) is 193 cm³/mol. The van der Waals surface area contributed by atoms with Gasteiger partial charge in [0.1, 0.15) is 42.4 Å². The maximum Gasteiger partial charge on any atom is 0.481 e. The van der Waals surface area contributed by atoms with Crippen molar-refractivity contribution in [3.63, 3.8) is 0 Å². The van der Waals surface area contributed by atoms with Gasteiger partial charge in [-0.3, -0.25) is 32.5 Å². The zero-order chi connectivity index (χ0) is 42.2. The van der Waals surface area contributed by atoms with E-state index in [9.17, 15) is 63.0 Å². The van der Waals surface area contributed by atoms with Crippen LogP contribution in [-0.4, -0.2) is 134 Å². The smallest absolute Gasteiger partial charge is 0.386 e. The van der Waals surface area contributed by atoms with Gasteiger partial charge in [-0.25, -0.2) is 28.6 Å². The molecular formula is C27H46N7O18P3S. The van der Waals surface area contributed by atoms with Crippen LogP contribution in [0, 0.1) is 11.3 Å². The van der Waals surface area contributed by atoms with Crippen LogP contribution in [0.5, 0.6) is 0 Å². The van der Waals surface area contributed by atoms with E-state index >= 15 is 0 Å². The van der Waals surface area contributed by atoms with E-state index in [-0.39, 0.29) is 48.2 Å². The summed E-state index contributed by atoms with van der Waals surface area (Å²) in [5, 5.41) is 35.7. The highest BCUT2D eigenvalue weighted by Crippen LogP contribution is 2.61. The summed E-state index contributed by atoms with van der Waals surface area (Å²) in [6, 6.07) is 0. The lowest BCUT2D eigenvalue weighted by molar-refractivity contribution is -0.137. The summed E-state index contributed by atoms with van der Waals surface area (Å²) in [4.78, 5) is 87.4. The number of aliphatic hydroxyl groups is 3. The van der Waals surface area contributed by atoms with Crippen molar-refractivity contribution in [3.05, 3.63) is 12.7 Å². The van der Waals surface area contributed by atoms with Crippen molar-refractivity contribution in [2.75, 3.05) is 37.8 Å². The molecule has 1 saturated heterocycles. The van der Waals surface area contributed by atoms with Crippen LogP contribution in [0.25, 0.3) is 11.2 Å². The Bertz CT molecular complexity index is 1830. The summed E-state index contributed by atoms with van der Waals surface area (Å²) in [7, 11) is -16.4. The number of hydrogen-bond acceptors (Lipinski definition) is 19. The highest BCUT2D eigenvalue weighted by atomic mass is 32.2. The molecule has 1 aliphatic heterocycles. The first-order valence-electron chi connectivity index (χ1n) is 16.6. The largest absolute Gasteiger partial charge is 0.481 e. The Morgan fingerprint density at radius 1 is 1.04 bits per heavy atom. The molecule has 0 bridgehead atoms. The van der Waals surface area contributed by atoms with Gasteiger partial charge >= 0.3 is 23.5 Å². The fourth-order valence-corrected chi connectivity index (χ4v) is 8.44. The van der Waals surface area contributed by atoms with Gasteiger partial charge in [0.25, 0.3) is 0 Å². The number of thioether (sulfide) groups is 1. The number of nitrogens with two attached hydrogens (primary N) is 1. The van der Waals surface area contributed by atoms with Gasteiger partial charge in [-0.05, 0) is 12.3 Å². The number of rotatable bonds is 22. The van der Waals surface area contributed by atoms with Crippen molar-refractivity contribution in [3.8, 4) is 0 Å². The number of hydrogen-bond donors (Lipinski definition) is 10. The van der Waals surface area contributed by atoms with Crippen LogP contribution < -0.4 is 16.4 Å². The number of aromatic nitrogens is 4. The third kappa shape index (κ3) is 14.4. The number of imidazole rings is 1. The predicted octanol–water partition coefficient (Wildman–Crippen LogP) is -0.928. The molecule has 29 heteroatoms. The summed E-state index contributed by atoms with van der Waals surface area (Å²) < 4.78 is 62.0. The van der Waals surface area contributed by atoms with Gasteiger partial charge in [-0.1, -0.05) is 39.5 Å². The van der Waals surface area contributed by atoms with Crippen molar-refractivity contribution in [2.45, 2.75) is 77.3 Å². The summed E-state index contributed by atoms with van der Waals surface area (Å²) in [6.07, 6.45) is -7.80. The molecule has 8 atom stereocenters. The number of phosphoric ester groups is 3. The molecule has 0 aromatic carbocycles.